The highest BCUT2D eigenvalue weighted by atomic mass is 16.7. The molecule has 0 unspecified atom stereocenters. The second-order valence-corrected chi connectivity index (χ2v) is 4.03. The average Bonchev–Trinajstić information content (AvgIpc) is 2.77. The van der Waals surface area contributed by atoms with Crippen LogP contribution in [0.2, 0.25) is 0 Å². The van der Waals surface area contributed by atoms with Crippen molar-refractivity contribution in [3.8, 4) is 0 Å². The van der Waals surface area contributed by atoms with Crippen LogP contribution >= 0.6 is 0 Å². The molecule has 0 aliphatic carbocycles. The molecule has 86 valence electrons. The van der Waals surface area contributed by atoms with Crippen LogP contribution in [0.4, 0.5) is 5.69 Å². The van der Waals surface area contributed by atoms with Gasteiger partial charge in [-0.15, -0.1) is 0 Å². The van der Waals surface area contributed by atoms with E-state index >= 15 is 0 Å². The molecule has 0 bridgehead atoms. The van der Waals surface area contributed by atoms with Gasteiger partial charge in [-0.1, -0.05) is 18.2 Å². The van der Waals surface area contributed by atoms with Crippen LogP contribution in [-0.4, -0.2) is 27.5 Å². The van der Waals surface area contributed by atoms with Gasteiger partial charge in [0, 0.05) is 26.9 Å². The first-order valence-corrected chi connectivity index (χ1v) is 5.34. The second-order valence-electron chi connectivity index (χ2n) is 4.03. The largest absolute Gasteiger partial charge is 0.378 e. The number of hydrogen-bond donors (Lipinski definition) is 0. The van der Waals surface area contributed by atoms with Crippen LogP contribution in [0.5, 0.6) is 0 Å². The first-order valence-electron chi connectivity index (χ1n) is 5.34. The van der Waals surface area contributed by atoms with E-state index in [1.54, 1.807) is 7.11 Å². The monoisotopic (exact) mass is 219 g/mol. The normalized spacial score (nSPS) is 23.7. The predicted molar refractivity (Wildman–Crippen MR) is 64.5 cm³/mol. The van der Waals surface area contributed by atoms with Gasteiger partial charge in [0.15, 0.2) is 6.29 Å². The Balaban J connectivity index is 2.09. The zero-order chi connectivity index (χ0) is 11.5. The van der Waals surface area contributed by atoms with E-state index in [1.807, 2.05) is 26.2 Å². The first kappa shape index (κ1) is 11.2. The van der Waals surface area contributed by atoms with Gasteiger partial charge < -0.3 is 14.4 Å². The van der Waals surface area contributed by atoms with Crippen molar-refractivity contribution in [3.05, 3.63) is 42.0 Å². The molecule has 0 amide bonds. The third-order valence-corrected chi connectivity index (χ3v) is 2.69. The molecule has 1 aromatic carbocycles. The molecule has 2 atom stereocenters. The summed E-state index contributed by atoms with van der Waals surface area (Å²) in [6.45, 7) is 0. The fraction of sp³-hybridized carbons (Fsp3) is 0.385. The lowest BCUT2D eigenvalue weighted by Crippen LogP contribution is -2.10. The highest BCUT2D eigenvalue weighted by molar-refractivity contribution is 5.46. The van der Waals surface area contributed by atoms with Crippen molar-refractivity contribution in [1.29, 1.82) is 0 Å². The molecule has 2 rings (SSSR count). The smallest absolute Gasteiger partial charge is 0.177 e. The van der Waals surface area contributed by atoms with Gasteiger partial charge in [0.1, 0.15) is 6.10 Å². The Morgan fingerprint density at radius 3 is 2.31 bits per heavy atom. The summed E-state index contributed by atoms with van der Waals surface area (Å²) in [5, 5.41) is 0. The number of ether oxygens (including phenoxy) is 2. The Morgan fingerprint density at radius 1 is 1.12 bits per heavy atom. The molecule has 1 aromatic rings. The summed E-state index contributed by atoms with van der Waals surface area (Å²) in [6, 6.07) is 8.35. The van der Waals surface area contributed by atoms with E-state index in [-0.39, 0.29) is 12.4 Å². The quantitative estimate of drug-likeness (QED) is 0.728. The number of benzene rings is 1. The number of methoxy groups -OCH3 is 1. The number of hydrogen-bond acceptors (Lipinski definition) is 3. The first-order chi connectivity index (χ1) is 7.70. The van der Waals surface area contributed by atoms with Gasteiger partial charge >= 0.3 is 0 Å². The van der Waals surface area contributed by atoms with Gasteiger partial charge in [0.2, 0.25) is 0 Å². The summed E-state index contributed by atoms with van der Waals surface area (Å²) < 4.78 is 10.8. The molecule has 1 aliphatic rings. The van der Waals surface area contributed by atoms with Gasteiger partial charge in [0.25, 0.3) is 0 Å². The fourth-order valence-corrected chi connectivity index (χ4v) is 1.71. The minimum atomic E-state index is -0.210. The maximum atomic E-state index is 5.65. The molecule has 0 saturated heterocycles. The van der Waals surface area contributed by atoms with Crippen LogP contribution in [-0.2, 0) is 9.47 Å². The molecule has 0 fully saturated rings. The Bertz CT molecular complexity index is 370. The van der Waals surface area contributed by atoms with Crippen LogP contribution in [0.25, 0.3) is 0 Å². The van der Waals surface area contributed by atoms with Crippen LogP contribution in [0.15, 0.2) is 36.4 Å². The SMILES string of the molecule is CO[C@H]1C=C[C@H](c2ccc(N(C)C)cc2)O1. The summed E-state index contributed by atoms with van der Waals surface area (Å²) in [5.74, 6) is 0. The Morgan fingerprint density at radius 2 is 1.81 bits per heavy atom. The third-order valence-electron chi connectivity index (χ3n) is 2.69. The van der Waals surface area contributed by atoms with Crippen molar-refractivity contribution in [3.63, 3.8) is 0 Å². The lowest BCUT2D eigenvalue weighted by atomic mass is 10.1. The Hall–Kier alpha value is -1.32. The Labute approximate surface area is 96.3 Å². The summed E-state index contributed by atoms with van der Waals surface area (Å²) >= 11 is 0. The Kier molecular flexibility index (Phi) is 3.27. The molecule has 1 aliphatic heterocycles. The van der Waals surface area contributed by atoms with Crippen LogP contribution in [0, 0.1) is 0 Å². The molecule has 3 heteroatoms. The maximum absolute atomic E-state index is 5.65. The minimum absolute atomic E-state index is 0.0150. The van der Waals surface area contributed by atoms with E-state index in [0.29, 0.717) is 0 Å². The molecule has 0 spiro atoms. The van der Waals surface area contributed by atoms with Gasteiger partial charge in [-0.2, -0.15) is 0 Å². The summed E-state index contributed by atoms with van der Waals surface area (Å²) in [5.41, 5.74) is 2.34. The summed E-state index contributed by atoms with van der Waals surface area (Å²) in [4.78, 5) is 2.08. The van der Waals surface area contributed by atoms with Crippen LogP contribution in [0.1, 0.15) is 11.7 Å². The lowest BCUT2D eigenvalue weighted by Gasteiger charge is -2.16. The number of anilines is 1. The molecule has 0 saturated carbocycles. The standard InChI is InChI=1S/C13H17NO2/c1-14(2)11-6-4-10(5-7-11)12-8-9-13(15-3)16-12/h4-9,12-13H,1-3H3/t12-,13-/m1/s1. The molecule has 1 heterocycles. The van der Waals surface area contributed by atoms with E-state index in [9.17, 15) is 0 Å². The third kappa shape index (κ3) is 2.26. The van der Waals surface area contributed by atoms with E-state index in [0.717, 1.165) is 5.56 Å². The number of nitrogens with zero attached hydrogens (tertiary/aromatic N) is 1. The minimum Gasteiger partial charge on any atom is -0.378 e. The predicted octanol–water partition coefficient (Wildman–Crippen LogP) is 2.35. The number of rotatable bonds is 3. The van der Waals surface area contributed by atoms with Gasteiger partial charge in [-0.3, -0.25) is 0 Å². The van der Waals surface area contributed by atoms with Gasteiger partial charge in [0.05, 0.1) is 0 Å². The maximum Gasteiger partial charge on any atom is 0.177 e. The van der Waals surface area contributed by atoms with Crippen molar-refractivity contribution in [2.24, 2.45) is 0 Å². The molecule has 3 nitrogen and oxygen atoms in total. The summed E-state index contributed by atoms with van der Waals surface area (Å²) in [7, 11) is 5.70. The van der Waals surface area contributed by atoms with Gasteiger partial charge in [-0.25, -0.2) is 0 Å². The molecule has 0 N–H and O–H groups in total. The molecule has 0 aromatic heterocycles. The highest BCUT2D eigenvalue weighted by Crippen LogP contribution is 2.27. The zero-order valence-electron chi connectivity index (χ0n) is 9.88. The average molecular weight is 219 g/mol. The van der Waals surface area contributed by atoms with Crippen molar-refractivity contribution < 1.29 is 9.47 Å². The topological polar surface area (TPSA) is 21.7 Å². The van der Waals surface area contributed by atoms with Crippen molar-refractivity contribution in [2.45, 2.75) is 12.4 Å². The second kappa shape index (κ2) is 4.68. The van der Waals surface area contributed by atoms with Crippen molar-refractivity contribution in [2.75, 3.05) is 26.1 Å². The fourth-order valence-electron chi connectivity index (χ4n) is 1.71. The molecular weight excluding hydrogens is 202 g/mol. The van der Waals surface area contributed by atoms with Crippen molar-refractivity contribution in [1.82, 2.24) is 0 Å². The summed E-state index contributed by atoms with van der Waals surface area (Å²) in [6.07, 6.45) is 3.77. The van der Waals surface area contributed by atoms with E-state index in [1.165, 1.54) is 5.69 Å². The van der Waals surface area contributed by atoms with E-state index in [2.05, 4.69) is 29.2 Å². The van der Waals surface area contributed by atoms with E-state index < -0.39 is 0 Å². The lowest BCUT2D eigenvalue weighted by molar-refractivity contribution is -0.0991. The highest BCUT2D eigenvalue weighted by Gasteiger charge is 2.19. The van der Waals surface area contributed by atoms with E-state index in [4.69, 9.17) is 9.47 Å². The molecule has 0 radical (unpaired) electrons. The van der Waals surface area contributed by atoms with Crippen LogP contribution < -0.4 is 4.90 Å². The molecule has 16 heavy (non-hydrogen) atoms. The molecular formula is C13H17NO2. The van der Waals surface area contributed by atoms with Crippen LogP contribution in [0.3, 0.4) is 0 Å². The van der Waals surface area contributed by atoms with Gasteiger partial charge in [-0.05, 0) is 23.8 Å². The zero-order valence-corrected chi connectivity index (χ0v) is 9.88. The van der Waals surface area contributed by atoms with Crippen molar-refractivity contribution >= 4 is 5.69 Å².